The fraction of sp³-hybridized carbons (Fsp3) is 0.417. The van der Waals surface area contributed by atoms with Gasteiger partial charge >= 0.3 is 6.09 Å². The number of unbranched alkanes of at least 4 members (excludes halogenated alkanes) is 1. The zero-order valence-corrected chi connectivity index (χ0v) is 20.1. The van der Waals surface area contributed by atoms with E-state index < -0.39 is 6.09 Å². The highest BCUT2D eigenvalue weighted by Gasteiger charge is 2.21. The third-order valence-corrected chi connectivity index (χ3v) is 6.28. The number of fused-ring (bicyclic) bond motifs is 1. The molecule has 1 aromatic carbocycles. The molecule has 0 atom stereocenters. The first-order chi connectivity index (χ1) is 15.8. The van der Waals surface area contributed by atoms with Crippen molar-refractivity contribution in [3.05, 3.63) is 44.8 Å². The first-order valence-corrected chi connectivity index (χ1v) is 11.7. The van der Waals surface area contributed by atoms with Gasteiger partial charge in [-0.05, 0) is 31.4 Å². The van der Waals surface area contributed by atoms with Gasteiger partial charge in [0, 0.05) is 17.5 Å². The predicted octanol–water partition coefficient (Wildman–Crippen LogP) is 4.91. The Morgan fingerprint density at radius 3 is 2.73 bits per heavy atom. The zero-order valence-electron chi connectivity index (χ0n) is 19.3. The van der Waals surface area contributed by atoms with Gasteiger partial charge in [0.15, 0.2) is 0 Å². The van der Waals surface area contributed by atoms with E-state index in [1.165, 1.54) is 11.3 Å². The quantitative estimate of drug-likeness (QED) is 0.431. The molecule has 0 spiro atoms. The number of hydrogen-bond donors (Lipinski definition) is 2. The summed E-state index contributed by atoms with van der Waals surface area (Å²) in [5.41, 5.74) is 1.75. The van der Waals surface area contributed by atoms with Crippen molar-refractivity contribution in [2.45, 2.75) is 53.6 Å². The van der Waals surface area contributed by atoms with E-state index in [-0.39, 0.29) is 18.0 Å². The van der Waals surface area contributed by atoms with Crippen LogP contribution in [-0.4, -0.2) is 27.4 Å². The number of thiazole rings is 1. The summed E-state index contributed by atoms with van der Waals surface area (Å²) in [7, 11) is 0. The number of benzene rings is 1. The van der Waals surface area contributed by atoms with E-state index in [0.717, 1.165) is 18.4 Å². The molecule has 3 aromatic rings. The van der Waals surface area contributed by atoms with Crippen LogP contribution < -0.4 is 15.6 Å². The molecule has 0 aliphatic heterocycles. The van der Waals surface area contributed by atoms with E-state index in [0.29, 0.717) is 50.9 Å². The molecule has 0 radical (unpaired) electrons. The van der Waals surface area contributed by atoms with Crippen molar-refractivity contribution in [1.29, 1.82) is 5.26 Å². The van der Waals surface area contributed by atoms with Gasteiger partial charge in [-0.15, -0.1) is 11.3 Å². The molecule has 9 heteroatoms. The number of carboxylic acid groups (broad SMARTS) is 1. The summed E-state index contributed by atoms with van der Waals surface area (Å²) in [4.78, 5) is 29.7. The van der Waals surface area contributed by atoms with Crippen molar-refractivity contribution in [2.24, 2.45) is 5.92 Å². The van der Waals surface area contributed by atoms with Crippen LogP contribution in [-0.2, 0) is 13.1 Å². The number of nitrogens with zero attached hydrogens (tertiary/aromatic N) is 3. The van der Waals surface area contributed by atoms with Crippen LogP contribution in [0.2, 0.25) is 0 Å². The highest BCUT2D eigenvalue weighted by molar-refractivity contribution is 7.15. The van der Waals surface area contributed by atoms with Crippen molar-refractivity contribution in [2.75, 3.05) is 6.61 Å². The first kappa shape index (κ1) is 24.3. The molecule has 8 nitrogen and oxygen atoms in total. The van der Waals surface area contributed by atoms with Gasteiger partial charge in [0.25, 0.3) is 5.56 Å². The maximum absolute atomic E-state index is 13.4. The van der Waals surface area contributed by atoms with Crippen molar-refractivity contribution in [3.63, 3.8) is 0 Å². The minimum atomic E-state index is -1.17. The molecule has 0 unspecified atom stereocenters. The number of rotatable bonds is 9. The largest absolute Gasteiger partial charge is 0.491 e. The smallest absolute Gasteiger partial charge is 0.404 e. The number of nitrogens with one attached hydrogen (secondary N) is 1. The molecule has 0 aliphatic rings. The van der Waals surface area contributed by atoms with Crippen molar-refractivity contribution in [1.82, 2.24) is 14.9 Å². The van der Waals surface area contributed by atoms with Gasteiger partial charge in [0.05, 0.1) is 29.9 Å². The SMILES string of the molecule is CCCCOc1c(CNC(=O)O)n(CC(C)C)c(=O)c2ccc(-c3nc(C)c(C#N)s3)cc12. The number of ether oxygens (including phenoxy) is 1. The van der Waals surface area contributed by atoms with E-state index in [1.54, 1.807) is 17.6 Å². The van der Waals surface area contributed by atoms with Crippen LogP contribution in [0.4, 0.5) is 4.79 Å². The second kappa shape index (κ2) is 10.5. The van der Waals surface area contributed by atoms with Crippen molar-refractivity contribution >= 4 is 28.2 Å². The fourth-order valence-corrected chi connectivity index (χ4v) is 4.45. The third-order valence-electron chi connectivity index (χ3n) is 5.17. The lowest BCUT2D eigenvalue weighted by Gasteiger charge is -2.21. The number of aryl methyl sites for hydroxylation is 1. The van der Waals surface area contributed by atoms with Gasteiger partial charge in [-0.25, -0.2) is 9.78 Å². The van der Waals surface area contributed by atoms with Crippen LogP contribution >= 0.6 is 11.3 Å². The third kappa shape index (κ3) is 5.34. The van der Waals surface area contributed by atoms with E-state index in [4.69, 9.17) is 4.74 Å². The molecule has 33 heavy (non-hydrogen) atoms. The van der Waals surface area contributed by atoms with E-state index in [9.17, 15) is 20.0 Å². The molecular formula is C24H28N4O4S. The standard InChI is InChI=1S/C24H28N4O4S/c1-5-6-9-32-21-18-10-16(22-27-15(4)20(11-25)33-22)7-8-17(18)23(29)28(13-14(2)3)19(21)12-26-24(30)31/h7-8,10,14,26H,5-6,9,12-13H2,1-4H3,(H,30,31). The predicted molar refractivity (Wildman–Crippen MR) is 129 cm³/mol. The summed E-state index contributed by atoms with van der Waals surface area (Å²) in [5, 5.41) is 22.7. The highest BCUT2D eigenvalue weighted by atomic mass is 32.1. The molecule has 2 heterocycles. The first-order valence-electron chi connectivity index (χ1n) is 10.9. The van der Waals surface area contributed by atoms with Crippen LogP contribution in [0.25, 0.3) is 21.3 Å². The van der Waals surface area contributed by atoms with Crippen LogP contribution in [0.15, 0.2) is 23.0 Å². The Hall–Kier alpha value is -3.38. The summed E-state index contributed by atoms with van der Waals surface area (Å²) in [5.74, 6) is 0.678. The summed E-state index contributed by atoms with van der Waals surface area (Å²) >= 11 is 1.30. The van der Waals surface area contributed by atoms with Crippen molar-refractivity contribution < 1.29 is 14.6 Å². The molecular weight excluding hydrogens is 440 g/mol. The maximum Gasteiger partial charge on any atom is 0.404 e. The van der Waals surface area contributed by atoms with Gasteiger partial charge in [-0.2, -0.15) is 5.26 Å². The summed E-state index contributed by atoms with van der Waals surface area (Å²) in [6.45, 7) is 8.70. The normalized spacial score (nSPS) is 11.0. The topological polar surface area (TPSA) is 117 Å². The van der Waals surface area contributed by atoms with Gasteiger partial charge < -0.3 is 19.7 Å². The number of hydrogen-bond acceptors (Lipinski definition) is 6. The molecule has 2 N–H and O–H groups in total. The van der Waals surface area contributed by atoms with E-state index in [1.807, 2.05) is 26.0 Å². The molecule has 0 saturated carbocycles. The molecule has 3 rings (SSSR count). The van der Waals surface area contributed by atoms with Gasteiger partial charge in [0.1, 0.15) is 21.7 Å². The average Bonchev–Trinajstić information content (AvgIpc) is 3.16. The Morgan fingerprint density at radius 2 is 2.12 bits per heavy atom. The highest BCUT2D eigenvalue weighted by Crippen LogP contribution is 2.34. The average molecular weight is 469 g/mol. The Morgan fingerprint density at radius 1 is 1.36 bits per heavy atom. The Kier molecular flexibility index (Phi) is 7.71. The molecule has 174 valence electrons. The fourth-order valence-electron chi connectivity index (χ4n) is 3.59. The lowest BCUT2D eigenvalue weighted by atomic mass is 10.0. The second-order valence-corrected chi connectivity index (χ2v) is 9.25. The second-order valence-electron chi connectivity index (χ2n) is 8.25. The summed E-state index contributed by atoms with van der Waals surface area (Å²) in [6.07, 6.45) is 0.592. The number of nitriles is 1. The molecule has 0 aliphatic carbocycles. The zero-order chi connectivity index (χ0) is 24.1. The number of carbonyl (C=O) groups is 1. The number of pyridine rings is 1. The summed E-state index contributed by atoms with van der Waals surface area (Å²) < 4.78 is 7.80. The minimum absolute atomic E-state index is 0.0478. The Balaban J connectivity index is 2.28. The number of amides is 1. The molecule has 0 fully saturated rings. The van der Waals surface area contributed by atoms with Crippen molar-refractivity contribution in [3.8, 4) is 22.4 Å². The summed E-state index contributed by atoms with van der Waals surface area (Å²) in [6, 6.07) is 7.59. The van der Waals surface area contributed by atoms with Gasteiger partial charge in [0.2, 0.25) is 0 Å². The van der Waals surface area contributed by atoms with Crippen LogP contribution in [0, 0.1) is 24.2 Å². The van der Waals surface area contributed by atoms with Crippen LogP contribution in [0.3, 0.4) is 0 Å². The molecule has 0 bridgehead atoms. The van der Waals surface area contributed by atoms with E-state index >= 15 is 0 Å². The van der Waals surface area contributed by atoms with Gasteiger partial charge in [-0.1, -0.05) is 33.3 Å². The molecule has 2 aromatic heterocycles. The van der Waals surface area contributed by atoms with Crippen LogP contribution in [0.5, 0.6) is 5.75 Å². The van der Waals surface area contributed by atoms with Gasteiger partial charge in [-0.3, -0.25) is 4.79 Å². The number of aromatic nitrogens is 2. The monoisotopic (exact) mass is 468 g/mol. The lowest BCUT2D eigenvalue weighted by molar-refractivity contribution is 0.193. The maximum atomic E-state index is 13.4. The Labute approximate surface area is 196 Å². The lowest BCUT2D eigenvalue weighted by Crippen LogP contribution is -2.31. The minimum Gasteiger partial charge on any atom is -0.491 e. The molecule has 1 amide bonds. The van der Waals surface area contributed by atoms with Crippen LogP contribution in [0.1, 0.15) is 49.9 Å². The van der Waals surface area contributed by atoms with E-state index in [2.05, 4.69) is 23.3 Å². The molecule has 0 saturated heterocycles. The Bertz CT molecular complexity index is 1270.